The Morgan fingerprint density at radius 2 is 1.90 bits per heavy atom. The van der Waals surface area contributed by atoms with Crippen LogP contribution in [0.1, 0.15) is 16.3 Å². The number of nitrogens with one attached hydrogen (secondary N) is 1. The zero-order chi connectivity index (χ0) is 20.0. The number of aryl methyl sites for hydroxylation is 2. The second-order valence-electron chi connectivity index (χ2n) is 6.64. The number of aromatic nitrogens is 4. The molecule has 0 fully saturated rings. The molecule has 0 aliphatic rings. The van der Waals surface area contributed by atoms with Gasteiger partial charge in [0.25, 0.3) is 5.56 Å². The SMILES string of the molecule is Cc1sc2nc(CSc3ncnc4sc(-c5ccccc5)cc34)[nH]c(=O)c2c1C. The van der Waals surface area contributed by atoms with Gasteiger partial charge in [-0.15, -0.1) is 22.7 Å². The normalized spacial score (nSPS) is 11.5. The van der Waals surface area contributed by atoms with Crippen molar-refractivity contribution < 1.29 is 0 Å². The molecule has 0 amide bonds. The maximum absolute atomic E-state index is 12.5. The van der Waals surface area contributed by atoms with E-state index < -0.39 is 0 Å². The third-order valence-electron chi connectivity index (χ3n) is 4.78. The highest BCUT2D eigenvalue weighted by atomic mass is 32.2. The average Bonchev–Trinajstić information content (AvgIpc) is 3.29. The number of hydrogen-bond acceptors (Lipinski definition) is 7. The van der Waals surface area contributed by atoms with Gasteiger partial charge >= 0.3 is 0 Å². The minimum atomic E-state index is -0.0674. The molecule has 29 heavy (non-hydrogen) atoms. The van der Waals surface area contributed by atoms with Gasteiger partial charge in [-0.2, -0.15) is 0 Å². The van der Waals surface area contributed by atoms with Crippen LogP contribution in [0.15, 0.2) is 52.5 Å². The Morgan fingerprint density at radius 1 is 1.07 bits per heavy atom. The molecule has 0 aliphatic heterocycles. The van der Waals surface area contributed by atoms with Crippen LogP contribution in [-0.4, -0.2) is 19.9 Å². The van der Waals surface area contributed by atoms with Crippen LogP contribution < -0.4 is 5.56 Å². The van der Waals surface area contributed by atoms with E-state index >= 15 is 0 Å². The van der Waals surface area contributed by atoms with Gasteiger partial charge in [0.05, 0.1) is 11.1 Å². The van der Waals surface area contributed by atoms with E-state index in [1.807, 2.05) is 32.0 Å². The summed E-state index contributed by atoms with van der Waals surface area (Å²) in [5.41, 5.74) is 2.12. The lowest BCUT2D eigenvalue weighted by Crippen LogP contribution is -2.10. The van der Waals surface area contributed by atoms with Crippen LogP contribution in [0.5, 0.6) is 0 Å². The van der Waals surface area contributed by atoms with Crippen LogP contribution in [0.25, 0.3) is 30.9 Å². The van der Waals surface area contributed by atoms with Crippen molar-refractivity contribution in [1.82, 2.24) is 19.9 Å². The van der Waals surface area contributed by atoms with E-state index in [1.54, 1.807) is 40.8 Å². The summed E-state index contributed by atoms with van der Waals surface area (Å²) >= 11 is 4.79. The number of rotatable bonds is 4. The van der Waals surface area contributed by atoms with Crippen molar-refractivity contribution in [3.8, 4) is 10.4 Å². The Kier molecular flexibility index (Phi) is 4.69. The van der Waals surface area contributed by atoms with E-state index in [0.29, 0.717) is 17.0 Å². The molecule has 0 unspecified atom stereocenters. The molecule has 0 bridgehead atoms. The molecule has 0 saturated carbocycles. The summed E-state index contributed by atoms with van der Waals surface area (Å²) in [5, 5.41) is 2.64. The minimum Gasteiger partial charge on any atom is -0.309 e. The van der Waals surface area contributed by atoms with E-state index in [2.05, 4.69) is 38.1 Å². The maximum Gasteiger partial charge on any atom is 0.259 e. The van der Waals surface area contributed by atoms with Crippen molar-refractivity contribution in [3.05, 3.63) is 69.3 Å². The van der Waals surface area contributed by atoms with Gasteiger partial charge in [0.1, 0.15) is 26.8 Å². The predicted octanol–water partition coefficient (Wildman–Crippen LogP) is 5.57. The molecule has 144 valence electrons. The van der Waals surface area contributed by atoms with Crippen LogP contribution in [0, 0.1) is 13.8 Å². The quantitative estimate of drug-likeness (QED) is 0.295. The van der Waals surface area contributed by atoms with Gasteiger partial charge in [0.15, 0.2) is 0 Å². The molecule has 0 saturated heterocycles. The number of thiophene rings is 2. The number of hydrogen-bond donors (Lipinski definition) is 1. The number of aromatic amines is 1. The summed E-state index contributed by atoms with van der Waals surface area (Å²) in [6.07, 6.45) is 1.60. The molecule has 0 aliphatic carbocycles. The Bertz CT molecular complexity index is 1400. The van der Waals surface area contributed by atoms with Gasteiger partial charge in [-0.25, -0.2) is 15.0 Å². The molecule has 5 aromatic rings. The summed E-state index contributed by atoms with van der Waals surface area (Å²) < 4.78 is 0. The summed E-state index contributed by atoms with van der Waals surface area (Å²) in [6, 6.07) is 12.4. The van der Waals surface area contributed by atoms with E-state index in [9.17, 15) is 4.79 Å². The van der Waals surface area contributed by atoms with Crippen LogP contribution >= 0.6 is 34.4 Å². The third-order valence-corrected chi connectivity index (χ3v) is 7.99. The fourth-order valence-corrected chi connectivity index (χ4v) is 6.16. The maximum atomic E-state index is 12.5. The Hall–Kier alpha value is -2.55. The Labute approximate surface area is 178 Å². The number of thioether (sulfide) groups is 1. The molecular weight excluding hydrogens is 420 g/mol. The molecule has 1 aromatic carbocycles. The summed E-state index contributed by atoms with van der Waals surface area (Å²) in [5.74, 6) is 1.21. The van der Waals surface area contributed by atoms with E-state index in [-0.39, 0.29) is 5.56 Å². The summed E-state index contributed by atoms with van der Waals surface area (Å²) in [4.78, 5) is 33.1. The second kappa shape index (κ2) is 7.37. The molecule has 0 spiro atoms. The zero-order valence-electron chi connectivity index (χ0n) is 15.7. The first-order chi connectivity index (χ1) is 14.1. The van der Waals surface area contributed by atoms with Gasteiger partial charge < -0.3 is 4.98 Å². The lowest BCUT2D eigenvalue weighted by atomic mass is 10.2. The monoisotopic (exact) mass is 436 g/mol. The van der Waals surface area contributed by atoms with E-state index in [4.69, 9.17) is 0 Å². The standard InChI is InChI=1S/C21H16N4OS3/c1-11-12(2)28-21-17(11)18(26)24-16(25-21)9-27-19-14-8-15(13-6-4-3-5-7-13)29-20(14)23-10-22-19/h3-8,10H,9H2,1-2H3,(H,24,25,26). The molecule has 5 rings (SSSR count). The number of nitrogens with zero attached hydrogens (tertiary/aromatic N) is 3. The van der Waals surface area contributed by atoms with E-state index in [1.165, 1.54) is 10.4 Å². The van der Waals surface area contributed by atoms with Crippen LogP contribution in [0.2, 0.25) is 0 Å². The first-order valence-electron chi connectivity index (χ1n) is 9.02. The van der Waals surface area contributed by atoms with Gasteiger partial charge in [0, 0.05) is 15.1 Å². The first-order valence-corrected chi connectivity index (χ1v) is 11.6. The largest absolute Gasteiger partial charge is 0.309 e. The van der Waals surface area contributed by atoms with Crippen LogP contribution in [0.4, 0.5) is 0 Å². The molecule has 0 atom stereocenters. The number of benzene rings is 1. The smallest absolute Gasteiger partial charge is 0.259 e. The molecular formula is C21H16N4OS3. The average molecular weight is 437 g/mol. The third kappa shape index (κ3) is 3.37. The van der Waals surface area contributed by atoms with Crippen molar-refractivity contribution in [3.63, 3.8) is 0 Å². The van der Waals surface area contributed by atoms with Crippen molar-refractivity contribution >= 4 is 54.9 Å². The van der Waals surface area contributed by atoms with Crippen molar-refractivity contribution in [2.75, 3.05) is 0 Å². The molecule has 4 heterocycles. The molecule has 1 N–H and O–H groups in total. The first kappa shape index (κ1) is 18.5. The molecule has 0 radical (unpaired) electrons. The molecule has 5 nitrogen and oxygen atoms in total. The van der Waals surface area contributed by atoms with E-state index in [0.717, 1.165) is 30.5 Å². The second-order valence-corrected chi connectivity index (χ2v) is 9.84. The predicted molar refractivity (Wildman–Crippen MR) is 122 cm³/mol. The minimum absolute atomic E-state index is 0.0674. The Morgan fingerprint density at radius 3 is 2.72 bits per heavy atom. The molecule has 4 aromatic heterocycles. The topological polar surface area (TPSA) is 71.5 Å². The number of H-pyrrole nitrogens is 1. The van der Waals surface area contributed by atoms with Crippen molar-refractivity contribution in [2.24, 2.45) is 0 Å². The van der Waals surface area contributed by atoms with Crippen molar-refractivity contribution in [2.45, 2.75) is 24.6 Å². The fourth-order valence-electron chi connectivity index (χ4n) is 3.20. The van der Waals surface area contributed by atoms with Gasteiger partial charge in [-0.1, -0.05) is 42.1 Å². The van der Waals surface area contributed by atoms with Gasteiger partial charge in [-0.3, -0.25) is 4.79 Å². The zero-order valence-corrected chi connectivity index (χ0v) is 18.2. The highest BCUT2D eigenvalue weighted by molar-refractivity contribution is 7.98. The van der Waals surface area contributed by atoms with Gasteiger partial charge in [0.2, 0.25) is 0 Å². The lowest BCUT2D eigenvalue weighted by Gasteiger charge is -2.02. The Balaban J connectivity index is 1.47. The number of fused-ring (bicyclic) bond motifs is 2. The fraction of sp³-hybridized carbons (Fsp3) is 0.143. The van der Waals surface area contributed by atoms with Crippen LogP contribution in [0.3, 0.4) is 0 Å². The summed E-state index contributed by atoms with van der Waals surface area (Å²) in [6.45, 7) is 3.99. The molecule has 8 heteroatoms. The highest BCUT2D eigenvalue weighted by Crippen LogP contribution is 2.36. The van der Waals surface area contributed by atoms with Crippen molar-refractivity contribution in [1.29, 1.82) is 0 Å². The lowest BCUT2D eigenvalue weighted by molar-refractivity contribution is 1.04. The summed E-state index contributed by atoms with van der Waals surface area (Å²) in [7, 11) is 0. The van der Waals surface area contributed by atoms with Crippen LogP contribution in [-0.2, 0) is 5.75 Å². The van der Waals surface area contributed by atoms with Gasteiger partial charge in [-0.05, 0) is 31.0 Å². The highest BCUT2D eigenvalue weighted by Gasteiger charge is 2.14.